The molecule has 0 atom stereocenters. The second-order valence-electron chi connectivity index (χ2n) is 7.18. The molecule has 0 bridgehead atoms. The molecule has 6 nitrogen and oxygen atoms in total. The van der Waals surface area contributed by atoms with Crippen LogP contribution < -0.4 is 4.90 Å². The van der Waals surface area contributed by atoms with Crippen LogP contribution in [-0.2, 0) is 6.18 Å². The minimum atomic E-state index is -4.38. The van der Waals surface area contributed by atoms with Crippen LogP contribution in [0, 0.1) is 6.92 Å². The minimum Gasteiger partial charge on any atom is -0.368 e. The summed E-state index contributed by atoms with van der Waals surface area (Å²) in [5, 5.41) is 4.29. The van der Waals surface area contributed by atoms with Gasteiger partial charge < -0.3 is 9.80 Å². The highest BCUT2D eigenvalue weighted by atomic mass is 19.4. The van der Waals surface area contributed by atoms with Crippen molar-refractivity contribution in [1.82, 2.24) is 19.7 Å². The molecule has 156 valence electrons. The minimum absolute atomic E-state index is 0.101. The molecule has 0 saturated carbocycles. The number of aromatic nitrogens is 3. The van der Waals surface area contributed by atoms with Gasteiger partial charge in [0.05, 0.1) is 11.3 Å². The van der Waals surface area contributed by atoms with Crippen molar-refractivity contribution in [3.63, 3.8) is 0 Å². The van der Waals surface area contributed by atoms with Gasteiger partial charge in [-0.15, -0.1) is 5.10 Å². The fourth-order valence-corrected chi connectivity index (χ4v) is 3.44. The second kappa shape index (κ2) is 7.81. The molecule has 0 radical (unpaired) electrons. The van der Waals surface area contributed by atoms with Gasteiger partial charge in [0.15, 0.2) is 0 Å². The van der Waals surface area contributed by atoms with Crippen LogP contribution >= 0.6 is 0 Å². The van der Waals surface area contributed by atoms with E-state index in [1.54, 1.807) is 15.6 Å². The standard InChI is InChI=1S/C21H20F3N5O/c1-15-4-2-7-18(12-15)29-14-25-19(26-29)20(30)28-10-8-27(9-11-28)17-6-3-5-16(13-17)21(22,23)24/h2-7,12-14H,8-11H2,1H3. The van der Waals surface area contributed by atoms with Crippen LogP contribution in [0.1, 0.15) is 21.7 Å². The molecule has 0 spiro atoms. The highest BCUT2D eigenvalue weighted by molar-refractivity contribution is 5.90. The van der Waals surface area contributed by atoms with E-state index in [2.05, 4.69) is 10.1 Å². The summed E-state index contributed by atoms with van der Waals surface area (Å²) in [5.74, 6) is -0.186. The van der Waals surface area contributed by atoms with Crippen LogP contribution in [0.25, 0.3) is 5.69 Å². The lowest BCUT2D eigenvalue weighted by Crippen LogP contribution is -2.49. The Morgan fingerprint density at radius 3 is 2.37 bits per heavy atom. The molecule has 1 aliphatic heterocycles. The van der Waals surface area contributed by atoms with Crippen molar-refractivity contribution < 1.29 is 18.0 Å². The quantitative estimate of drug-likeness (QED) is 0.657. The van der Waals surface area contributed by atoms with Gasteiger partial charge in [-0.3, -0.25) is 4.79 Å². The predicted octanol–water partition coefficient (Wildman–Crippen LogP) is 3.56. The van der Waals surface area contributed by atoms with E-state index in [4.69, 9.17) is 0 Å². The molecule has 1 fully saturated rings. The number of benzene rings is 2. The molecule has 1 aliphatic rings. The van der Waals surface area contributed by atoms with E-state index >= 15 is 0 Å². The average Bonchev–Trinajstić information content (AvgIpc) is 3.23. The van der Waals surface area contributed by atoms with Gasteiger partial charge in [-0.1, -0.05) is 18.2 Å². The zero-order valence-corrected chi connectivity index (χ0v) is 16.3. The van der Waals surface area contributed by atoms with Crippen molar-refractivity contribution in [1.29, 1.82) is 0 Å². The number of amides is 1. The molecule has 0 aliphatic carbocycles. The molecule has 3 aromatic rings. The number of anilines is 1. The molecule has 1 saturated heterocycles. The van der Waals surface area contributed by atoms with Crippen molar-refractivity contribution in [2.45, 2.75) is 13.1 Å². The van der Waals surface area contributed by atoms with Crippen LogP contribution in [-0.4, -0.2) is 51.8 Å². The van der Waals surface area contributed by atoms with E-state index < -0.39 is 11.7 Å². The van der Waals surface area contributed by atoms with Gasteiger partial charge in [-0.05, 0) is 42.8 Å². The molecule has 30 heavy (non-hydrogen) atoms. The Balaban J connectivity index is 1.42. The summed E-state index contributed by atoms with van der Waals surface area (Å²) in [6.07, 6.45) is -2.88. The third kappa shape index (κ3) is 4.14. The summed E-state index contributed by atoms with van der Waals surface area (Å²) in [6.45, 7) is 3.61. The van der Waals surface area contributed by atoms with E-state index in [1.807, 2.05) is 36.1 Å². The molecule has 4 rings (SSSR count). The number of rotatable bonds is 3. The van der Waals surface area contributed by atoms with Crippen LogP contribution in [0.2, 0.25) is 0 Å². The van der Waals surface area contributed by atoms with Gasteiger partial charge in [0, 0.05) is 31.9 Å². The Morgan fingerprint density at radius 2 is 1.67 bits per heavy atom. The highest BCUT2D eigenvalue weighted by Crippen LogP contribution is 2.31. The van der Waals surface area contributed by atoms with Crippen molar-refractivity contribution >= 4 is 11.6 Å². The maximum atomic E-state index is 13.0. The Hall–Kier alpha value is -3.36. The maximum Gasteiger partial charge on any atom is 0.416 e. The molecule has 0 unspecified atom stereocenters. The summed E-state index contributed by atoms with van der Waals surface area (Å²) in [7, 11) is 0. The zero-order valence-electron chi connectivity index (χ0n) is 16.3. The van der Waals surface area contributed by atoms with Gasteiger partial charge in [-0.2, -0.15) is 13.2 Å². The van der Waals surface area contributed by atoms with E-state index in [0.717, 1.165) is 23.4 Å². The lowest BCUT2D eigenvalue weighted by atomic mass is 10.1. The first-order valence-corrected chi connectivity index (χ1v) is 9.51. The topological polar surface area (TPSA) is 54.3 Å². The van der Waals surface area contributed by atoms with Gasteiger partial charge in [0.2, 0.25) is 5.82 Å². The molecule has 0 N–H and O–H groups in total. The zero-order chi connectivity index (χ0) is 21.3. The van der Waals surface area contributed by atoms with Crippen molar-refractivity contribution in [2.24, 2.45) is 0 Å². The summed E-state index contributed by atoms with van der Waals surface area (Å²) < 4.78 is 40.4. The van der Waals surface area contributed by atoms with Crippen LogP contribution in [0.5, 0.6) is 0 Å². The van der Waals surface area contributed by atoms with Crippen molar-refractivity contribution in [2.75, 3.05) is 31.1 Å². The lowest BCUT2D eigenvalue weighted by Gasteiger charge is -2.35. The number of piperazine rings is 1. The van der Waals surface area contributed by atoms with E-state index in [0.29, 0.717) is 31.9 Å². The Labute approximate surface area is 171 Å². The van der Waals surface area contributed by atoms with Gasteiger partial charge >= 0.3 is 6.18 Å². The first-order chi connectivity index (χ1) is 14.3. The first-order valence-electron chi connectivity index (χ1n) is 9.51. The van der Waals surface area contributed by atoms with Crippen LogP contribution in [0.15, 0.2) is 54.9 Å². The number of alkyl halides is 3. The fourth-order valence-electron chi connectivity index (χ4n) is 3.44. The molecule has 1 aromatic heterocycles. The van der Waals surface area contributed by atoms with Gasteiger partial charge in [0.1, 0.15) is 6.33 Å². The Bertz CT molecular complexity index is 1050. The number of nitrogens with zero attached hydrogens (tertiary/aromatic N) is 5. The number of hydrogen-bond acceptors (Lipinski definition) is 4. The molecule has 1 amide bonds. The maximum absolute atomic E-state index is 13.0. The highest BCUT2D eigenvalue weighted by Gasteiger charge is 2.31. The van der Waals surface area contributed by atoms with E-state index in [9.17, 15) is 18.0 Å². The molecular weight excluding hydrogens is 395 g/mol. The fraction of sp³-hybridized carbons (Fsp3) is 0.286. The predicted molar refractivity (Wildman–Crippen MR) is 106 cm³/mol. The third-order valence-corrected chi connectivity index (χ3v) is 5.05. The second-order valence-corrected chi connectivity index (χ2v) is 7.18. The summed E-state index contributed by atoms with van der Waals surface area (Å²) >= 11 is 0. The third-order valence-electron chi connectivity index (χ3n) is 5.05. The summed E-state index contributed by atoms with van der Waals surface area (Å²) in [4.78, 5) is 20.4. The van der Waals surface area contributed by atoms with Gasteiger partial charge in [-0.25, -0.2) is 9.67 Å². The normalized spacial score (nSPS) is 14.8. The first kappa shape index (κ1) is 19.9. The average molecular weight is 415 g/mol. The van der Waals surface area contributed by atoms with Crippen molar-refractivity contribution in [3.8, 4) is 5.69 Å². The molecule has 2 heterocycles. The van der Waals surface area contributed by atoms with Crippen LogP contribution in [0.3, 0.4) is 0 Å². The molecular formula is C21H20F3N5O. The SMILES string of the molecule is Cc1cccc(-n2cnc(C(=O)N3CCN(c4cccc(C(F)(F)F)c4)CC3)n2)c1. The van der Waals surface area contributed by atoms with Crippen LogP contribution in [0.4, 0.5) is 18.9 Å². The molecule has 9 heteroatoms. The lowest BCUT2D eigenvalue weighted by molar-refractivity contribution is -0.137. The number of carbonyl (C=O) groups excluding carboxylic acids is 1. The van der Waals surface area contributed by atoms with Gasteiger partial charge in [0.25, 0.3) is 5.91 Å². The monoisotopic (exact) mass is 415 g/mol. The summed E-state index contributed by atoms with van der Waals surface area (Å²) in [5.41, 5.74) is 1.71. The Morgan fingerprint density at radius 1 is 0.967 bits per heavy atom. The number of halogens is 3. The number of aryl methyl sites for hydroxylation is 1. The number of hydrogen-bond donors (Lipinski definition) is 0. The largest absolute Gasteiger partial charge is 0.416 e. The van der Waals surface area contributed by atoms with E-state index in [-0.39, 0.29) is 11.7 Å². The summed E-state index contributed by atoms with van der Waals surface area (Å²) in [6, 6.07) is 12.9. The molecule has 2 aromatic carbocycles. The smallest absolute Gasteiger partial charge is 0.368 e. The Kier molecular flexibility index (Phi) is 5.19. The van der Waals surface area contributed by atoms with Crippen molar-refractivity contribution in [3.05, 3.63) is 71.8 Å². The number of carbonyl (C=O) groups is 1. The van der Waals surface area contributed by atoms with E-state index in [1.165, 1.54) is 12.4 Å².